The summed E-state index contributed by atoms with van der Waals surface area (Å²) in [7, 11) is -2.09. The highest BCUT2D eigenvalue weighted by molar-refractivity contribution is 7.89. The Morgan fingerprint density at radius 2 is 1.74 bits per heavy atom. The number of carbonyl (C=O) groups excluding carboxylic acids is 1. The second-order valence-corrected chi connectivity index (χ2v) is 8.54. The van der Waals surface area contributed by atoms with Crippen LogP contribution >= 0.6 is 11.3 Å². The van der Waals surface area contributed by atoms with Gasteiger partial charge < -0.3 is 5.32 Å². The van der Waals surface area contributed by atoms with Crippen molar-refractivity contribution in [3.8, 4) is 10.6 Å². The molecular formula is C18H18N4O3S2. The molecule has 1 aromatic heterocycles. The first-order valence-electron chi connectivity index (χ1n) is 8.19. The number of nitrogens with zero attached hydrogens (tertiary/aromatic N) is 2. The molecule has 0 fully saturated rings. The van der Waals surface area contributed by atoms with E-state index in [2.05, 4.69) is 20.2 Å². The number of amides is 1. The molecule has 2 N–H and O–H groups in total. The normalized spacial score (nSPS) is 11.3. The van der Waals surface area contributed by atoms with Crippen LogP contribution in [0.4, 0.5) is 5.13 Å². The number of hydrogen-bond donors (Lipinski definition) is 2. The highest BCUT2D eigenvalue weighted by Gasteiger charge is 2.12. The van der Waals surface area contributed by atoms with Gasteiger partial charge in [-0.3, -0.25) is 4.79 Å². The van der Waals surface area contributed by atoms with Gasteiger partial charge in [-0.05, 0) is 31.2 Å². The molecule has 0 saturated carbocycles. The SMILES string of the molecule is CNS(=O)(=O)c1ccc(CCC(=O)Nc2nnc(-c3ccccc3)s2)cc1. The summed E-state index contributed by atoms with van der Waals surface area (Å²) in [5.41, 5.74) is 1.83. The van der Waals surface area contributed by atoms with E-state index in [0.717, 1.165) is 16.1 Å². The smallest absolute Gasteiger partial charge is 0.240 e. The van der Waals surface area contributed by atoms with Crippen LogP contribution in [-0.4, -0.2) is 31.6 Å². The molecule has 3 aromatic rings. The molecule has 140 valence electrons. The van der Waals surface area contributed by atoms with E-state index in [4.69, 9.17) is 0 Å². The van der Waals surface area contributed by atoms with E-state index in [1.807, 2.05) is 30.3 Å². The molecule has 0 aliphatic carbocycles. The molecule has 3 rings (SSSR count). The quantitative estimate of drug-likeness (QED) is 0.633. The lowest BCUT2D eigenvalue weighted by molar-refractivity contribution is -0.116. The van der Waals surface area contributed by atoms with Crippen LogP contribution in [0.15, 0.2) is 59.5 Å². The Kier molecular flexibility index (Phi) is 5.94. The summed E-state index contributed by atoms with van der Waals surface area (Å²) in [6.45, 7) is 0. The second kappa shape index (κ2) is 8.38. The van der Waals surface area contributed by atoms with Gasteiger partial charge in [-0.25, -0.2) is 13.1 Å². The summed E-state index contributed by atoms with van der Waals surface area (Å²) in [6.07, 6.45) is 0.758. The van der Waals surface area contributed by atoms with Crippen LogP contribution in [0, 0.1) is 0 Å². The number of hydrogen-bond acceptors (Lipinski definition) is 6. The number of aromatic nitrogens is 2. The average molecular weight is 403 g/mol. The third-order valence-electron chi connectivity index (χ3n) is 3.84. The van der Waals surface area contributed by atoms with Crippen LogP contribution in [0.25, 0.3) is 10.6 Å². The largest absolute Gasteiger partial charge is 0.301 e. The van der Waals surface area contributed by atoms with Crippen molar-refractivity contribution in [2.45, 2.75) is 17.7 Å². The Balaban J connectivity index is 1.55. The number of nitrogens with one attached hydrogen (secondary N) is 2. The molecule has 1 heterocycles. The van der Waals surface area contributed by atoms with Crippen molar-refractivity contribution >= 4 is 32.4 Å². The molecule has 9 heteroatoms. The van der Waals surface area contributed by atoms with Crippen molar-refractivity contribution < 1.29 is 13.2 Å². The summed E-state index contributed by atoms with van der Waals surface area (Å²) in [4.78, 5) is 12.3. The minimum atomic E-state index is -3.45. The van der Waals surface area contributed by atoms with Gasteiger partial charge in [0.2, 0.25) is 21.1 Å². The fraction of sp³-hybridized carbons (Fsp3) is 0.167. The van der Waals surface area contributed by atoms with Gasteiger partial charge in [0.25, 0.3) is 0 Å². The fourth-order valence-electron chi connectivity index (χ4n) is 2.36. The van der Waals surface area contributed by atoms with E-state index in [1.54, 1.807) is 12.1 Å². The Hall–Kier alpha value is -2.62. The first-order valence-corrected chi connectivity index (χ1v) is 10.5. The van der Waals surface area contributed by atoms with Gasteiger partial charge in [0.05, 0.1) is 4.90 Å². The Morgan fingerprint density at radius 1 is 1.04 bits per heavy atom. The monoisotopic (exact) mass is 402 g/mol. The Labute approximate surface area is 161 Å². The maximum absolute atomic E-state index is 12.1. The van der Waals surface area contributed by atoms with Crippen LogP contribution in [0.2, 0.25) is 0 Å². The van der Waals surface area contributed by atoms with Crippen LogP contribution < -0.4 is 10.0 Å². The minimum Gasteiger partial charge on any atom is -0.301 e. The molecule has 0 aliphatic rings. The lowest BCUT2D eigenvalue weighted by Gasteiger charge is -2.05. The van der Waals surface area contributed by atoms with Crippen molar-refractivity contribution in [2.75, 3.05) is 12.4 Å². The molecule has 0 spiro atoms. The topological polar surface area (TPSA) is 101 Å². The molecule has 0 bridgehead atoms. The van der Waals surface area contributed by atoms with E-state index in [1.165, 1.54) is 30.5 Å². The van der Waals surface area contributed by atoms with E-state index >= 15 is 0 Å². The second-order valence-electron chi connectivity index (χ2n) is 5.68. The molecule has 7 nitrogen and oxygen atoms in total. The van der Waals surface area contributed by atoms with Crippen molar-refractivity contribution in [2.24, 2.45) is 0 Å². The van der Waals surface area contributed by atoms with Crippen molar-refractivity contribution in [1.82, 2.24) is 14.9 Å². The van der Waals surface area contributed by atoms with E-state index < -0.39 is 10.0 Å². The standard InChI is InChI=1S/C18H18N4O3S2/c1-19-27(24,25)15-10-7-13(8-11-15)9-12-16(23)20-18-22-21-17(26-18)14-5-3-2-4-6-14/h2-8,10-11,19H,9,12H2,1H3,(H,20,22,23). The highest BCUT2D eigenvalue weighted by Crippen LogP contribution is 2.26. The summed E-state index contributed by atoms with van der Waals surface area (Å²) in [6, 6.07) is 16.1. The van der Waals surface area contributed by atoms with Gasteiger partial charge in [0.15, 0.2) is 0 Å². The van der Waals surface area contributed by atoms with Crippen LogP contribution in [0.5, 0.6) is 0 Å². The number of rotatable bonds is 7. The van der Waals surface area contributed by atoms with Gasteiger partial charge in [-0.2, -0.15) is 0 Å². The molecule has 2 aromatic carbocycles. The number of sulfonamides is 1. The van der Waals surface area contributed by atoms with Crippen LogP contribution in [-0.2, 0) is 21.2 Å². The fourth-order valence-corrected chi connectivity index (χ4v) is 3.86. The zero-order valence-corrected chi connectivity index (χ0v) is 16.2. The molecule has 0 aliphatic heterocycles. The van der Waals surface area contributed by atoms with Crippen LogP contribution in [0.3, 0.4) is 0 Å². The maximum Gasteiger partial charge on any atom is 0.240 e. The first-order chi connectivity index (χ1) is 13.0. The average Bonchev–Trinajstić information content (AvgIpc) is 3.16. The summed E-state index contributed by atoms with van der Waals surface area (Å²) >= 11 is 1.32. The van der Waals surface area contributed by atoms with Crippen LogP contribution in [0.1, 0.15) is 12.0 Å². The molecule has 27 heavy (non-hydrogen) atoms. The lowest BCUT2D eigenvalue weighted by Crippen LogP contribution is -2.18. The molecule has 0 saturated heterocycles. The number of benzene rings is 2. The number of aryl methyl sites for hydroxylation is 1. The predicted molar refractivity (Wildman–Crippen MR) is 105 cm³/mol. The summed E-state index contributed by atoms with van der Waals surface area (Å²) < 4.78 is 25.7. The van der Waals surface area contributed by atoms with Crippen molar-refractivity contribution in [3.05, 3.63) is 60.2 Å². The van der Waals surface area contributed by atoms with Gasteiger partial charge in [-0.15, -0.1) is 10.2 Å². The zero-order chi connectivity index (χ0) is 19.3. The van der Waals surface area contributed by atoms with Gasteiger partial charge in [-0.1, -0.05) is 53.8 Å². The Bertz CT molecular complexity index is 1020. The first kappa shape index (κ1) is 19.2. The zero-order valence-electron chi connectivity index (χ0n) is 14.5. The lowest BCUT2D eigenvalue weighted by atomic mass is 10.1. The van der Waals surface area contributed by atoms with Crippen molar-refractivity contribution in [3.63, 3.8) is 0 Å². The minimum absolute atomic E-state index is 0.169. The highest BCUT2D eigenvalue weighted by atomic mass is 32.2. The summed E-state index contributed by atoms with van der Waals surface area (Å²) in [5, 5.41) is 12.0. The van der Waals surface area contributed by atoms with Gasteiger partial charge >= 0.3 is 0 Å². The number of carbonyl (C=O) groups is 1. The number of anilines is 1. The molecule has 0 unspecified atom stereocenters. The van der Waals surface area contributed by atoms with Gasteiger partial charge in [0.1, 0.15) is 5.01 Å². The van der Waals surface area contributed by atoms with Gasteiger partial charge in [0, 0.05) is 12.0 Å². The molecule has 0 atom stereocenters. The third-order valence-corrected chi connectivity index (χ3v) is 6.15. The van der Waals surface area contributed by atoms with E-state index in [9.17, 15) is 13.2 Å². The molecule has 1 amide bonds. The van der Waals surface area contributed by atoms with E-state index in [-0.39, 0.29) is 17.2 Å². The third kappa shape index (κ3) is 4.97. The summed E-state index contributed by atoms with van der Waals surface area (Å²) in [5.74, 6) is -0.169. The maximum atomic E-state index is 12.1. The molecular weight excluding hydrogens is 384 g/mol. The molecule has 0 radical (unpaired) electrons. The van der Waals surface area contributed by atoms with Crippen molar-refractivity contribution in [1.29, 1.82) is 0 Å². The predicted octanol–water partition coefficient (Wildman–Crippen LogP) is 2.68. The Morgan fingerprint density at radius 3 is 2.41 bits per heavy atom. The van der Waals surface area contributed by atoms with E-state index in [0.29, 0.717) is 11.6 Å².